The molecule has 16 heavy (non-hydrogen) atoms. The molecule has 1 amide bonds. The predicted octanol–water partition coefficient (Wildman–Crippen LogP) is 1.22. The Morgan fingerprint density at radius 1 is 1.56 bits per heavy atom. The number of hydrogen-bond acceptors (Lipinski definition) is 2. The first kappa shape index (κ1) is 12.8. The molecule has 0 aliphatic rings. The molecule has 0 fully saturated rings. The first-order valence-electron chi connectivity index (χ1n) is 5.40. The molecule has 90 valence electrons. The SMILES string of the molecule is Cn1cccc1[C@@H](O)CNC(=O)C(C)(C)C. The molecule has 0 radical (unpaired) electrons. The van der Waals surface area contributed by atoms with E-state index < -0.39 is 11.5 Å². The highest BCUT2D eigenvalue weighted by atomic mass is 16.3. The van der Waals surface area contributed by atoms with Crippen molar-refractivity contribution in [3.05, 3.63) is 24.0 Å². The van der Waals surface area contributed by atoms with E-state index in [9.17, 15) is 9.90 Å². The highest BCUT2D eigenvalue weighted by Crippen LogP contribution is 2.15. The van der Waals surface area contributed by atoms with E-state index in [0.717, 1.165) is 5.69 Å². The van der Waals surface area contributed by atoms with Gasteiger partial charge in [-0.1, -0.05) is 20.8 Å². The maximum Gasteiger partial charge on any atom is 0.225 e. The van der Waals surface area contributed by atoms with E-state index in [1.807, 2.05) is 50.7 Å². The molecule has 0 aliphatic heterocycles. The number of hydrogen-bond donors (Lipinski definition) is 2. The molecule has 2 N–H and O–H groups in total. The van der Waals surface area contributed by atoms with Crippen molar-refractivity contribution in [1.82, 2.24) is 9.88 Å². The number of nitrogens with zero attached hydrogens (tertiary/aromatic N) is 1. The summed E-state index contributed by atoms with van der Waals surface area (Å²) in [5, 5.41) is 12.6. The molecular formula is C12H20N2O2. The summed E-state index contributed by atoms with van der Waals surface area (Å²) in [4.78, 5) is 11.6. The minimum atomic E-state index is -0.661. The molecule has 0 saturated carbocycles. The van der Waals surface area contributed by atoms with Gasteiger partial charge in [0.2, 0.25) is 5.91 Å². The van der Waals surface area contributed by atoms with Gasteiger partial charge in [0, 0.05) is 30.9 Å². The third-order valence-corrected chi connectivity index (χ3v) is 2.46. The highest BCUT2D eigenvalue weighted by molar-refractivity contribution is 5.81. The lowest BCUT2D eigenvalue weighted by Crippen LogP contribution is -2.37. The Balaban J connectivity index is 2.51. The van der Waals surface area contributed by atoms with Crippen LogP contribution in [0.15, 0.2) is 18.3 Å². The molecule has 0 bridgehead atoms. The molecule has 1 atom stereocenters. The second-order valence-corrected chi connectivity index (χ2v) is 5.02. The molecule has 0 spiro atoms. The molecule has 0 aliphatic carbocycles. The van der Waals surface area contributed by atoms with Crippen LogP contribution in [0.2, 0.25) is 0 Å². The van der Waals surface area contributed by atoms with Gasteiger partial charge in [0.15, 0.2) is 0 Å². The van der Waals surface area contributed by atoms with E-state index in [4.69, 9.17) is 0 Å². The maximum atomic E-state index is 11.6. The van der Waals surface area contributed by atoms with Gasteiger partial charge in [-0.15, -0.1) is 0 Å². The van der Waals surface area contributed by atoms with Gasteiger partial charge >= 0.3 is 0 Å². The summed E-state index contributed by atoms with van der Waals surface area (Å²) in [5.74, 6) is -0.0549. The van der Waals surface area contributed by atoms with Gasteiger partial charge in [0.1, 0.15) is 6.10 Å². The van der Waals surface area contributed by atoms with Crippen molar-refractivity contribution >= 4 is 5.91 Å². The van der Waals surface area contributed by atoms with Crippen molar-refractivity contribution in [1.29, 1.82) is 0 Å². The van der Waals surface area contributed by atoms with E-state index >= 15 is 0 Å². The fourth-order valence-corrected chi connectivity index (χ4v) is 1.38. The Labute approximate surface area is 96.3 Å². The summed E-state index contributed by atoms with van der Waals surface area (Å²) in [6.07, 6.45) is 1.20. The lowest BCUT2D eigenvalue weighted by atomic mass is 9.95. The van der Waals surface area contributed by atoms with Crippen molar-refractivity contribution in [3.8, 4) is 0 Å². The van der Waals surface area contributed by atoms with E-state index in [0.29, 0.717) is 0 Å². The van der Waals surface area contributed by atoms with Gasteiger partial charge in [0.05, 0.1) is 0 Å². The highest BCUT2D eigenvalue weighted by Gasteiger charge is 2.22. The average Bonchev–Trinajstić information content (AvgIpc) is 2.58. The van der Waals surface area contributed by atoms with E-state index in [-0.39, 0.29) is 12.5 Å². The molecule has 0 saturated heterocycles. The molecule has 4 nitrogen and oxygen atoms in total. The molecule has 4 heteroatoms. The zero-order valence-electron chi connectivity index (χ0n) is 10.3. The van der Waals surface area contributed by atoms with Gasteiger partial charge < -0.3 is 15.0 Å². The van der Waals surface area contributed by atoms with Crippen molar-refractivity contribution in [2.75, 3.05) is 6.54 Å². The number of carbonyl (C=O) groups excluding carboxylic acids is 1. The normalized spacial score (nSPS) is 13.6. The van der Waals surface area contributed by atoms with Gasteiger partial charge in [-0.2, -0.15) is 0 Å². The third-order valence-electron chi connectivity index (χ3n) is 2.46. The number of rotatable bonds is 3. The number of aromatic nitrogens is 1. The largest absolute Gasteiger partial charge is 0.385 e. The fourth-order valence-electron chi connectivity index (χ4n) is 1.38. The van der Waals surface area contributed by atoms with Crippen molar-refractivity contribution in [3.63, 3.8) is 0 Å². The fraction of sp³-hybridized carbons (Fsp3) is 0.583. The van der Waals surface area contributed by atoms with Crippen LogP contribution in [0.1, 0.15) is 32.6 Å². The van der Waals surface area contributed by atoms with E-state index in [1.165, 1.54) is 0 Å². The van der Waals surface area contributed by atoms with Crippen LogP contribution in [0, 0.1) is 5.41 Å². The van der Waals surface area contributed by atoms with Crippen LogP contribution in [-0.4, -0.2) is 22.1 Å². The first-order chi connectivity index (χ1) is 7.32. The zero-order chi connectivity index (χ0) is 12.3. The minimum Gasteiger partial charge on any atom is -0.385 e. The molecule has 1 heterocycles. The number of aliphatic hydroxyl groups is 1. The Hall–Kier alpha value is -1.29. The molecule has 1 rings (SSSR count). The van der Waals surface area contributed by atoms with Gasteiger partial charge in [-0.05, 0) is 12.1 Å². The van der Waals surface area contributed by atoms with Crippen LogP contribution in [0.5, 0.6) is 0 Å². The monoisotopic (exact) mass is 224 g/mol. The maximum absolute atomic E-state index is 11.6. The summed E-state index contributed by atoms with van der Waals surface area (Å²) in [7, 11) is 1.87. The topological polar surface area (TPSA) is 54.3 Å². The average molecular weight is 224 g/mol. The summed E-state index contributed by atoms with van der Waals surface area (Å²) in [6, 6.07) is 3.71. The summed E-state index contributed by atoms with van der Waals surface area (Å²) in [6.45, 7) is 5.78. The lowest BCUT2D eigenvalue weighted by Gasteiger charge is -2.19. The quantitative estimate of drug-likeness (QED) is 0.811. The van der Waals surface area contributed by atoms with Crippen molar-refractivity contribution < 1.29 is 9.90 Å². The number of carbonyl (C=O) groups is 1. The van der Waals surface area contributed by atoms with Crippen LogP contribution in [-0.2, 0) is 11.8 Å². The lowest BCUT2D eigenvalue weighted by molar-refractivity contribution is -0.129. The van der Waals surface area contributed by atoms with Crippen LogP contribution in [0.4, 0.5) is 0 Å². The summed E-state index contributed by atoms with van der Waals surface area (Å²) in [5.41, 5.74) is 0.378. The number of aliphatic hydroxyl groups excluding tert-OH is 1. The summed E-state index contributed by atoms with van der Waals surface area (Å²) >= 11 is 0. The number of aryl methyl sites for hydroxylation is 1. The van der Waals surface area contributed by atoms with Crippen molar-refractivity contribution in [2.45, 2.75) is 26.9 Å². The number of amides is 1. The smallest absolute Gasteiger partial charge is 0.225 e. The molecule has 1 aromatic rings. The Bertz CT molecular complexity index is 363. The molecule has 0 unspecified atom stereocenters. The standard InChI is InChI=1S/C12H20N2O2/c1-12(2,3)11(16)13-8-10(15)9-6-5-7-14(9)4/h5-7,10,15H,8H2,1-4H3,(H,13,16)/t10-/m0/s1. The molecule has 0 aromatic carbocycles. The van der Waals surface area contributed by atoms with Crippen LogP contribution in [0.25, 0.3) is 0 Å². The second-order valence-electron chi connectivity index (χ2n) is 5.02. The minimum absolute atomic E-state index is 0.0549. The molecule has 1 aromatic heterocycles. The van der Waals surface area contributed by atoms with Gasteiger partial charge in [0.25, 0.3) is 0 Å². The van der Waals surface area contributed by atoms with Crippen LogP contribution in [0.3, 0.4) is 0 Å². The Morgan fingerprint density at radius 2 is 2.19 bits per heavy atom. The van der Waals surface area contributed by atoms with Crippen LogP contribution < -0.4 is 5.32 Å². The summed E-state index contributed by atoms with van der Waals surface area (Å²) < 4.78 is 1.84. The third kappa shape index (κ3) is 3.10. The van der Waals surface area contributed by atoms with Gasteiger partial charge in [-0.25, -0.2) is 0 Å². The van der Waals surface area contributed by atoms with Gasteiger partial charge in [-0.3, -0.25) is 4.79 Å². The predicted molar refractivity (Wildman–Crippen MR) is 62.8 cm³/mol. The Kier molecular flexibility index (Phi) is 3.75. The van der Waals surface area contributed by atoms with E-state index in [2.05, 4.69) is 5.32 Å². The zero-order valence-corrected chi connectivity index (χ0v) is 10.3. The number of nitrogens with one attached hydrogen (secondary N) is 1. The Morgan fingerprint density at radius 3 is 2.62 bits per heavy atom. The van der Waals surface area contributed by atoms with Crippen LogP contribution >= 0.6 is 0 Å². The van der Waals surface area contributed by atoms with Crippen molar-refractivity contribution in [2.24, 2.45) is 12.5 Å². The molecular weight excluding hydrogens is 204 g/mol. The second kappa shape index (κ2) is 4.70. The van der Waals surface area contributed by atoms with E-state index in [1.54, 1.807) is 0 Å². The first-order valence-corrected chi connectivity index (χ1v) is 5.40.